The van der Waals surface area contributed by atoms with Gasteiger partial charge in [-0.25, -0.2) is 4.79 Å². The van der Waals surface area contributed by atoms with Crippen LogP contribution in [0.2, 0.25) is 0 Å². The van der Waals surface area contributed by atoms with E-state index in [9.17, 15) is 9.59 Å². The first-order chi connectivity index (χ1) is 27.2. The molecule has 7 heteroatoms. The maximum Gasteiger partial charge on any atom is 0.333 e. The van der Waals surface area contributed by atoms with Crippen molar-refractivity contribution in [3.63, 3.8) is 0 Å². The minimum Gasteiger partial charge on any atom is -0.466 e. The molecule has 6 rings (SSSR count). The number of allylic oxidation sites excluding steroid dienone is 13. The minimum atomic E-state index is -0.997. The largest absolute Gasteiger partial charge is 0.466 e. The normalized spacial score (nSPS) is 19.2. The van der Waals surface area contributed by atoms with Crippen LogP contribution >= 0.6 is 0 Å². The van der Waals surface area contributed by atoms with Crippen molar-refractivity contribution in [3.8, 4) is 0 Å². The molecule has 0 radical (unpaired) electrons. The quantitative estimate of drug-likeness (QED) is 0.166. The van der Waals surface area contributed by atoms with E-state index in [1.165, 1.54) is 77.4 Å². The van der Waals surface area contributed by atoms with Crippen LogP contribution in [0.15, 0.2) is 91.2 Å². The van der Waals surface area contributed by atoms with Gasteiger partial charge in [0.15, 0.2) is 0 Å². The third kappa shape index (κ3) is 24.4. The van der Waals surface area contributed by atoms with Crippen molar-refractivity contribution in [2.24, 2.45) is 0 Å². The first kappa shape index (κ1) is 51.9. The van der Waals surface area contributed by atoms with E-state index in [0.717, 1.165) is 126 Å². The number of ether oxygens (including phenoxy) is 3. The van der Waals surface area contributed by atoms with Gasteiger partial charge in [-0.15, -0.1) is 0 Å². The van der Waals surface area contributed by atoms with Gasteiger partial charge in [-0.3, -0.25) is 4.79 Å². The van der Waals surface area contributed by atoms with E-state index >= 15 is 0 Å². The lowest BCUT2D eigenvalue weighted by Crippen LogP contribution is -2.08. The van der Waals surface area contributed by atoms with Gasteiger partial charge < -0.3 is 24.4 Å². The van der Waals surface area contributed by atoms with E-state index < -0.39 is 6.58 Å². The Balaban J connectivity index is 0.000000688. The Morgan fingerprint density at radius 1 is 0.614 bits per heavy atom. The SMILES string of the molecule is C.C1CCOC1.C1CCOC1.CC(C)=C1CC=C(C=O)CC1.CC(C)=C1CC=C(CO)CC1.COC(=O)C1=CCC(=C(C)C)CC1.[2H]C(O)C1=CCC(=C(C)C)CC1. The number of aliphatic hydroxyl groups is 2. The third-order valence-electron chi connectivity index (χ3n) is 10.8. The Kier molecular flexibility index (Phi) is 29.9. The van der Waals surface area contributed by atoms with E-state index in [4.69, 9.17) is 21.1 Å². The van der Waals surface area contributed by atoms with Crippen molar-refractivity contribution in [2.75, 3.05) is 46.7 Å². The number of rotatable bonds is 4. The van der Waals surface area contributed by atoms with Crippen molar-refractivity contribution < 1.29 is 35.4 Å². The van der Waals surface area contributed by atoms with Crippen LogP contribution < -0.4 is 0 Å². The summed E-state index contributed by atoms with van der Waals surface area (Å²) in [5.41, 5.74) is 15.4. The summed E-state index contributed by atoms with van der Waals surface area (Å²) in [6.07, 6.45) is 26.0. The van der Waals surface area contributed by atoms with Crippen LogP contribution in [0.25, 0.3) is 0 Å². The molecular formula is C50H82O7. The maximum absolute atomic E-state index is 11.1. The van der Waals surface area contributed by atoms with Crippen LogP contribution in [0.4, 0.5) is 0 Å². The molecule has 2 aliphatic heterocycles. The first-order valence-electron chi connectivity index (χ1n) is 21.6. The number of methoxy groups -OCH3 is 1. The van der Waals surface area contributed by atoms with Crippen molar-refractivity contribution in [3.05, 3.63) is 91.2 Å². The van der Waals surface area contributed by atoms with E-state index in [-0.39, 0.29) is 20.0 Å². The van der Waals surface area contributed by atoms with Crippen molar-refractivity contribution in [1.29, 1.82) is 0 Å². The number of esters is 1. The van der Waals surface area contributed by atoms with Crippen LogP contribution in [0, 0.1) is 0 Å². The summed E-state index contributed by atoms with van der Waals surface area (Å²) in [7, 11) is 1.43. The van der Waals surface area contributed by atoms with Gasteiger partial charge in [0.25, 0.3) is 0 Å². The van der Waals surface area contributed by atoms with Crippen molar-refractivity contribution in [2.45, 2.75) is 166 Å². The fourth-order valence-electron chi connectivity index (χ4n) is 6.55. The third-order valence-corrected chi connectivity index (χ3v) is 10.8. The number of carbonyl (C=O) groups is 2. The molecule has 1 unspecified atom stereocenters. The Morgan fingerprint density at radius 3 is 1.25 bits per heavy atom. The highest BCUT2D eigenvalue weighted by atomic mass is 16.5. The Hall–Kier alpha value is -3.10. The molecule has 57 heavy (non-hydrogen) atoms. The summed E-state index contributed by atoms with van der Waals surface area (Å²) in [6.45, 7) is 20.3. The Bertz CT molecular complexity index is 1450. The molecule has 324 valence electrons. The monoisotopic (exact) mass is 796 g/mol. The predicted molar refractivity (Wildman–Crippen MR) is 240 cm³/mol. The molecule has 7 nitrogen and oxygen atoms in total. The lowest BCUT2D eigenvalue weighted by Gasteiger charge is -2.15. The van der Waals surface area contributed by atoms with E-state index in [2.05, 4.69) is 66.2 Å². The highest BCUT2D eigenvalue weighted by Gasteiger charge is 2.15. The van der Waals surface area contributed by atoms with E-state index in [1.54, 1.807) is 5.57 Å². The summed E-state index contributed by atoms with van der Waals surface area (Å²) < 4.78 is 21.7. The number of aliphatic hydroxyl groups excluding tert-OH is 2. The van der Waals surface area contributed by atoms with E-state index in [0.29, 0.717) is 0 Å². The number of aldehydes is 1. The molecule has 6 aliphatic rings. The summed E-state index contributed by atoms with van der Waals surface area (Å²) in [4.78, 5) is 21.5. The lowest BCUT2D eigenvalue weighted by atomic mass is 9.92. The second-order valence-electron chi connectivity index (χ2n) is 15.9. The Labute approximate surface area is 350 Å². The molecule has 2 heterocycles. The van der Waals surface area contributed by atoms with Gasteiger partial charge in [-0.2, -0.15) is 0 Å². The minimum absolute atomic E-state index is 0. The van der Waals surface area contributed by atoms with Gasteiger partial charge in [0.05, 0.1) is 21.7 Å². The number of carbonyl (C=O) groups excluding carboxylic acids is 2. The molecule has 0 aromatic carbocycles. The first-order valence-corrected chi connectivity index (χ1v) is 21.0. The average Bonchev–Trinajstić information content (AvgIpc) is 4.03. The second-order valence-corrected chi connectivity index (χ2v) is 15.9. The van der Waals surface area contributed by atoms with Gasteiger partial charge in [0.2, 0.25) is 0 Å². The molecule has 0 aromatic rings. The molecule has 4 aliphatic carbocycles. The lowest BCUT2D eigenvalue weighted by molar-refractivity contribution is -0.136. The molecule has 2 N–H and O–H groups in total. The number of hydrogen-bond acceptors (Lipinski definition) is 7. The molecule has 0 bridgehead atoms. The molecule has 2 saturated heterocycles. The second kappa shape index (κ2) is 32.8. The van der Waals surface area contributed by atoms with E-state index in [1.807, 2.05) is 18.2 Å². The van der Waals surface area contributed by atoms with Crippen LogP contribution in [-0.2, 0) is 23.8 Å². The van der Waals surface area contributed by atoms with Crippen molar-refractivity contribution >= 4 is 12.3 Å². The van der Waals surface area contributed by atoms with Crippen LogP contribution in [0.5, 0.6) is 0 Å². The summed E-state index contributed by atoms with van der Waals surface area (Å²) in [6, 6.07) is 0. The molecule has 0 aromatic heterocycles. The van der Waals surface area contributed by atoms with Crippen LogP contribution in [0.1, 0.15) is 167 Å². The molecule has 0 saturated carbocycles. The van der Waals surface area contributed by atoms with Gasteiger partial charge in [-0.1, -0.05) is 76.3 Å². The predicted octanol–water partition coefficient (Wildman–Crippen LogP) is 12.3. The summed E-state index contributed by atoms with van der Waals surface area (Å²) in [5.74, 6) is -0.173. The topological polar surface area (TPSA) is 102 Å². The molecule has 0 spiro atoms. The van der Waals surface area contributed by atoms with Gasteiger partial charge in [-0.05, 0) is 175 Å². The van der Waals surface area contributed by atoms with Gasteiger partial charge in [0.1, 0.15) is 6.29 Å². The highest BCUT2D eigenvalue weighted by Crippen LogP contribution is 2.27. The summed E-state index contributed by atoms with van der Waals surface area (Å²) in [5, 5.41) is 17.8. The maximum atomic E-state index is 11.1. The van der Waals surface area contributed by atoms with Gasteiger partial charge in [0, 0.05) is 32.0 Å². The molecule has 1 atom stereocenters. The van der Waals surface area contributed by atoms with Gasteiger partial charge >= 0.3 is 5.97 Å². The fraction of sp³-hybridized carbons (Fsp3) is 0.640. The molecule has 2 fully saturated rings. The molecular weight excluding hydrogens is 713 g/mol. The highest BCUT2D eigenvalue weighted by molar-refractivity contribution is 5.88. The summed E-state index contributed by atoms with van der Waals surface area (Å²) >= 11 is 0. The van der Waals surface area contributed by atoms with Crippen LogP contribution in [0.3, 0.4) is 0 Å². The van der Waals surface area contributed by atoms with Crippen molar-refractivity contribution in [1.82, 2.24) is 0 Å². The zero-order valence-electron chi connectivity index (χ0n) is 37.7. The zero-order valence-corrected chi connectivity index (χ0v) is 36.7. The standard InChI is InChI=1S/C11H16O2.2C10H16O.C10H14O.2C4H8O.CH4/c1-8(2)9-4-6-10(7-5-9)11(12)13-3;3*1-8(2)10-5-3-9(7-11)4-6-10;2*1-2-4-5-3-1;/h6H,4-5,7H2,1-3H3;2*3,11H,4-7H2,1-2H3;3,7H,4-6H2,1-2H3;2*1-4H2;1H4/i;7D;;;;;. The fourth-order valence-corrected chi connectivity index (χ4v) is 6.55. The smallest absolute Gasteiger partial charge is 0.333 e. The van der Waals surface area contributed by atoms with Crippen LogP contribution in [-0.4, -0.2) is 69.2 Å². The average molecular weight is 796 g/mol. The number of hydrogen-bond donors (Lipinski definition) is 2. The molecule has 0 amide bonds. The Morgan fingerprint density at radius 2 is 1.00 bits per heavy atom. The zero-order chi connectivity index (χ0) is 42.6.